The van der Waals surface area contributed by atoms with E-state index in [4.69, 9.17) is 5.73 Å². The Morgan fingerprint density at radius 2 is 1.62 bits per heavy atom. The summed E-state index contributed by atoms with van der Waals surface area (Å²) in [5.41, 5.74) is 6.42. The number of carbonyl (C=O) groups excluding carboxylic acids is 2. The van der Waals surface area contributed by atoms with E-state index >= 15 is 0 Å². The van der Waals surface area contributed by atoms with Gasteiger partial charge in [0.05, 0.1) is 0 Å². The Balaban J connectivity index is 1.69. The number of hydrogen-bond donors (Lipinski definition) is 3. The number of benzene rings is 1. The van der Waals surface area contributed by atoms with Crippen molar-refractivity contribution in [3.05, 3.63) is 53.8 Å². The summed E-state index contributed by atoms with van der Waals surface area (Å²) in [6, 6.07) is 7.62. The number of aromatic nitrogens is 3. The van der Waals surface area contributed by atoms with Crippen LogP contribution in [-0.2, 0) is 0 Å². The molecule has 0 aliphatic rings. The largest absolute Gasteiger partial charge is 0.351 e. The molecule has 0 radical (unpaired) electrons. The minimum absolute atomic E-state index is 0.279. The third kappa shape index (κ3) is 3.70. The lowest BCUT2D eigenvalue weighted by Crippen LogP contribution is -2.19. The zero-order valence-corrected chi connectivity index (χ0v) is 13.1. The predicted molar refractivity (Wildman–Crippen MR) is 90.7 cm³/mol. The number of hydrogen-bond acceptors (Lipinski definition) is 6. The molecule has 0 unspecified atom stereocenters. The number of rotatable bonds is 4. The van der Waals surface area contributed by atoms with Crippen molar-refractivity contribution in [2.75, 3.05) is 10.6 Å². The maximum absolute atomic E-state index is 12.2. The Morgan fingerprint density at radius 3 is 2.25 bits per heavy atom. The topological polar surface area (TPSA) is 123 Å². The lowest BCUT2D eigenvalue weighted by Gasteiger charge is -2.05. The average Bonchev–Trinajstić information content (AvgIpc) is 3.07. The van der Waals surface area contributed by atoms with Crippen LogP contribution < -0.4 is 16.4 Å². The van der Waals surface area contributed by atoms with Gasteiger partial charge >= 0.3 is 6.03 Å². The van der Waals surface area contributed by atoms with Gasteiger partial charge in [0.1, 0.15) is 5.69 Å². The van der Waals surface area contributed by atoms with Gasteiger partial charge < -0.3 is 16.4 Å². The summed E-state index contributed by atoms with van der Waals surface area (Å²) in [5.74, 6) is 0.132. The summed E-state index contributed by atoms with van der Waals surface area (Å²) in [7, 11) is 0. The number of urea groups is 1. The highest BCUT2D eigenvalue weighted by molar-refractivity contribution is 7.13. The fraction of sp³-hybridized carbons (Fsp3) is 0. The van der Waals surface area contributed by atoms with Gasteiger partial charge in [-0.15, -0.1) is 11.3 Å². The first-order chi connectivity index (χ1) is 11.6. The molecule has 1 aromatic carbocycles. The number of nitrogens with two attached hydrogens (primary N) is 1. The highest BCUT2D eigenvalue weighted by atomic mass is 32.1. The van der Waals surface area contributed by atoms with E-state index in [1.807, 2.05) is 0 Å². The van der Waals surface area contributed by atoms with E-state index in [1.54, 1.807) is 48.1 Å². The van der Waals surface area contributed by atoms with E-state index in [2.05, 4.69) is 25.6 Å². The normalized spacial score (nSPS) is 10.2. The lowest BCUT2D eigenvalue weighted by molar-refractivity contribution is 0.102. The van der Waals surface area contributed by atoms with Crippen LogP contribution in [0.1, 0.15) is 10.5 Å². The number of thiazole rings is 1. The highest BCUT2D eigenvalue weighted by Gasteiger charge is 2.13. The van der Waals surface area contributed by atoms with E-state index in [-0.39, 0.29) is 11.6 Å². The molecule has 9 heteroatoms. The number of carbonyl (C=O) groups is 2. The molecule has 0 saturated carbocycles. The smallest absolute Gasteiger partial charge is 0.316 e. The van der Waals surface area contributed by atoms with Crippen molar-refractivity contribution in [2.24, 2.45) is 5.73 Å². The van der Waals surface area contributed by atoms with Crippen molar-refractivity contribution in [3.8, 4) is 10.8 Å². The third-order valence-electron chi connectivity index (χ3n) is 2.90. The number of primary amides is 1. The molecule has 0 fully saturated rings. The highest BCUT2D eigenvalue weighted by Crippen LogP contribution is 2.20. The number of nitrogens with one attached hydrogen (secondary N) is 2. The van der Waals surface area contributed by atoms with Gasteiger partial charge in [-0.2, -0.15) is 0 Å². The zero-order chi connectivity index (χ0) is 16.9. The summed E-state index contributed by atoms with van der Waals surface area (Å²) in [4.78, 5) is 35.4. The molecule has 3 aromatic rings. The maximum atomic E-state index is 12.2. The Labute approximate surface area is 140 Å². The Kier molecular flexibility index (Phi) is 4.43. The van der Waals surface area contributed by atoms with Crippen LogP contribution in [0, 0.1) is 0 Å². The fourth-order valence-electron chi connectivity index (χ4n) is 1.86. The van der Waals surface area contributed by atoms with Crippen LogP contribution in [-0.4, -0.2) is 26.9 Å². The van der Waals surface area contributed by atoms with Gasteiger partial charge in [-0.1, -0.05) is 0 Å². The van der Waals surface area contributed by atoms with Crippen molar-refractivity contribution in [1.29, 1.82) is 0 Å². The van der Waals surface area contributed by atoms with Crippen molar-refractivity contribution in [3.63, 3.8) is 0 Å². The number of amides is 3. The van der Waals surface area contributed by atoms with Crippen molar-refractivity contribution >= 4 is 34.6 Å². The van der Waals surface area contributed by atoms with Crippen LogP contribution in [0.5, 0.6) is 0 Å². The fourth-order valence-corrected chi connectivity index (χ4v) is 2.61. The van der Waals surface area contributed by atoms with Gasteiger partial charge in [-0.3, -0.25) is 4.79 Å². The van der Waals surface area contributed by atoms with Gasteiger partial charge in [0.25, 0.3) is 5.91 Å². The van der Waals surface area contributed by atoms with Crippen molar-refractivity contribution in [2.45, 2.75) is 0 Å². The first-order valence-corrected chi connectivity index (χ1v) is 7.70. The van der Waals surface area contributed by atoms with Crippen molar-refractivity contribution in [1.82, 2.24) is 15.0 Å². The predicted octanol–water partition coefficient (Wildman–Crippen LogP) is 2.34. The Morgan fingerprint density at radius 1 is 1.00 bits per heavy atom. The van der Waals surface area contributed by atoms with Crippen molar-refractivity contribution < 1.29 is 9.59 Å². The molecule has 0 aliphatic carbocycles. The van der Waals surface area contributed by atoms with E-state index in [1.165, 1.54) is 11.3 Å². The second-order valence-corrected chi connectivity index (χ2v) is 5.49. The first kappa shape index (κ1) is 15.6. The summed E-state index contributed by atoms with van der Waals surface area (Å²) in [5, 5.41) is 7.38. The van der Waals surface area contributed by atoms with Gasteiger partial charge in [0.15, 0.2) is 10.8 Å². The molecule has 2 aromatic heterocycles. The molecule has 4 N–H and O–H groups in total. The van der Waals surface area contributed by atoms with Crippen LogP contribution in [0.4, 0.5) is 16.2 Å². The van der Waals surface area contributed by atoms with E-state index in [9.17, 15) is 9.59 Å². The minimum Gasteiger partial charge on any atom is -0.351 e. The average molecular weight is 340 g/mol. The molecule has 120 valence electrons. The van der Waals surface area contributed by atoms with Gasteiger partial charge in [0, 0.05) is 29.1 Å². The quantitative estimate of drug-likeness (QED) is 0.672. The van der Waals surface area contributed by atoms with Gasteiger partial charge in [-0.05, 0) is 30.3 Å². The van der Waals surface area contributed by atoms with Crippen LogP contribution in [0.15, 0.2) is 48.1 Å². The number of nitrogens with zero attached hydrogens (tertiary/aromatic N) is 3. The molecular formula is C15H12N6O2S. The summed E-state index contributed by atoms with van der Waals surface area (Å²) >= 11 is 1.29. The minimum atomic E-state index is -0.648. The molecule has 8 nitrogen and oxygen atoms in total. The second kappa shape index (κ2) is 6.84. The molecule has 0 atom stereocenters. The summed E-state index contributed by atoms with van der Waals surface area (Å²) < 4.78 is 0. The molecule has 0 bridgehead atoms. The standard InChI is InChI=1S/C15H12N6O2S/c16-15(23)20-10-4-2-9(3-5-10)19-13(22)11-8-24-14(21-11)12-17-6-1-7-18-12/h1-8H,(H,19,22)(H3,16,20,23). The van der Waals surface area contributed by atoms with E-state index < -0.39 is 6.03 Å². The zero-order valence-electron chi connectivity index (χ0n) is 12.3. The van der Waals surface area contributed by atoms with Crippen LogP contribution in [0.25, 0.3) is 10.8 Å². The second-order valence-electron chi connectivity index (χ2n) is 4.63. The molecule has 0 saturated heterocycles. The number of anilines is 2. The molecule has 3 rings (SSSR count). The van der Waals surface area contributed by atoms with Crippen LogP contribution in [0.3, 0.4) is 0 Å². The third-order valence-corrected chi connectivity index (χ3v) is 3.74. The molecule has 0 aliphatic heterocycles. The Hall–Kier alpha value is -3.33. The molecule has 0 spiro atoms. The lowest BCUT2D eigenvalue weighted by atomic mass is 10.2. The van der Waals surface area contributed by atoms with E-state index in [0.717, 1.165) is 0 Å². The monoisotopic (exact) mass is 340 g/mol. The summed E-state index contributed by atoms with van der Waals surface area (Å²) in [6.45, 7) is 0. The van der Waals surface area contributed by atoms with Crippen LogP contribution >= 0.6 is 11.3 Å². The van der Waals surface area contributed by atoms with Gasteiger partial charge in [0.2, 0.25) is 0 Å². The Bertz CT molecular complexity index is 863. The van der Waals surface area contributed by atoms with E-state index in [0.29, 0.717) is 22.2 Å². The maximum Gasteiger partial charge on any atom is 0.316 e. The molecule has 24 heavy (non-hydrogen) atoms. The van der Waals surface area contributed by atoms with Gasteiger partial charge in [-0.25, -0.2) is 19.7 Å². The SMILES string of the molecule is NC(=O)Nc1ccc(NC(=O)c2csc(-c3ncccn3)n2)cc1. The molecule has 3 amide bonds. The molecule has 2 heterocycles. The molecular weight excluding hydrogens is 328 g/mol. The summed E-state index contributed by atoms with van der Waals surface area (Å²) in [6.07, 6.45) is 3.23. The van der Waals surface area contributed by atoms with Crippen LogP contribution in [0.2, 0.25) is 0 Å². The first-order valence-electron chi connectivity index (χ1n) is 6.82.